The van der Waals surface area contributed by atoms with Crippen molar-refractivity contribution in [2.75, 3.05) is 26.4 Å². The van der Waals surface area contributed by atoms with Crippen molar-refractivity contribution in [1.29, 1.82) is 0 Å². The molecule has 0 bridgehead atoms. The monoisotopic (exact) mass is 263 g/mol. The second kappa shape index (κ2) is 6.70. The van der Waals surface area contributed by atoms with Gasteiger partial charge in [0.15, 0.2) is 0 Å². The molecule has 0 atom stereocenters. The Morgan fingerprint density at radius 2 is 2.29 bits per heavy atom. The summed E-state index contributed by atoms with van der Waals surface area (Å²) in [5, 5.41) is 14.7. The predicted octanol–water partition coefficient (Wildman–Crippen LogP) is -0.605. The molecule has 0 aromatic carbocycles. The van der Waals surface area contributed by atoms with E-state index in [0.29, 0.717) is 25.3 Å². The summed E-state index contributed by atoms with van der Waals surface area (Å²) in [5.41, 5.74) is 0.508. The van der Waals surface area contributed by atoms with Gasteiger partial charge in [0.2, 0.25) is 10.0 Å². The van der Waals surface area contributed by atoms with Gasteiger partial charge in [0, 0.05) is 13.2 Å². The van der Waals surface area contributed by atoms with Gasteiger partial charge in [-0.3, -0.25) is 5.10 Å². The van der Waals surface area contributed by atoms with Gasteiger partial charge in [-0.25, -0.2) is 13.1 Å². The highest BCUT2D eigenvalue weighted by Crippen LogP contribution is 2.10. The number of aromatic nitrogens is 2. The van der Waals surface area contributed by atoms with Crippen LogP contribution in [0.2, 0.25) is 0 Å². The van der Waals surface area contributed by atoms with Gasteiger partial charge in [-0.1, -0.05) is 0 Å². The number of H-pyrrole nitrogens is 1. The van der Waals surface area contributed by atoms with Crippen LogP contribution in [0.15, 0.2) is 11.1 Å². The summed E-state index contributed by atoms with van der Waals surface area (Å²) >= 11 is 0. The van der Waals surface area contributed by atoms with E-state index in [1.54, 1.807) is 6.92 Å². The quantitative estimate of drug-likeness (QED) is 0.543. The molecule has 1 heterocycles. The Labute approximate surface area is 100 Å². The van der Waals surface area contributed by atoms with E-state index in [2.05, 4.69) is 14.9 Å². The molecule has 0 aliphatic rings. The summed E-state index contributed by atoms with van der Waals surface area (Å²) in [5.74, 6) is 0. The summed E-state index contributed by atoms with van der Waals surface area (Å²) in [6.07, 6.45) is 1.83. The van der Waals surface area contributed by atoms with Crippen LogP contribution in [0.1, 0.15) is 12.1 Å². The van der Waals surface area contributed by atoms with Crippen molar-refractivity contribution in [3.05, 3.63) is 11.9 Å². The van der Waals surface area contributed by atoms with Gasteiger partial charge in [-0.2, -0.15) is 5.10 Å². The lowest BCUT2D eigenvalue weighted by Crippen LogP contribution is -2.26. The van der Waals surface area contributed by atoms with Crippen LogP contribution in [0.3, 0.4) is 0 Å². The number of aliphatic hydroxyl groups is 1. The Bertz CT molecular complexity index is 429. The molecule has 98 valence electrons. The number of sulfonamides is 1. The van der Waals surface area contributed by atoms with E-state index in [1.165, 1.54) is 6.20 Å². The molecule has 0 saturated heterocycles. The number of aryl methyl sites for hydroxylation is 1. The lowest BCUT2D eigenvalue weighted by molar-refractivity contribution is 0.0913. The molecule has 0 saturated carbocycles. The predicted molar refractivity (Wildman–Crippen MR) is 61.0 cm³/mol. The number of hydrogen-bond donors (Lipinski definition) is 3. The number of hydrogen-bond acceptors (Lipinski definition) is 5. The summed E-state index contributed by atoms with van der Waals surface area (Å²) < 4.78 is 31.0. The number of aromatic amines is 1. The van der Waals surface area contributed by atoms with Gasteiger partial charge >= 0.3 is 0 Å². The van der Waals surface area contributed by atoms with Crippen molar-refractivity contribution in [3.8, 4) is 0 Å². The van der Waals surface area contributed by atoms with E-state index < -0.39 is 10.0 Å². The lowest BCUT2D eigenvalue weighted by Gasteiger charge is -2.05. The normalized spacial score (nSPS) is 11.9. The van der Waals surface area contributed by atoms with Gasteiger partial charge in [-0.05, 0) is 13.3 Å². The van der Waals surface area contributed by atoms with Crippen LogP contribution in [-0.4, -0.2) is 50.1 Å². The van der Waals surface area contributed by atoms with Crippen molar-refractivity contribution in [3.63, 3.8) is 0 Å². The molecule has 0 amide bonds. The maximum atomic E-state index is 11.8. The van der Waals surface area contributed by atoms with Crippen LogP contribution >= 0.6 is 0 Å². The van der Waals surface area contributed by atoms with E-state index >= 15 is 0 Å². The molecule has 1 rings (SSSR count). The van der Waals surface area contributed by atoms with Crippen LogP contribution in [0.4, 0.5) is 0 Å². The minimum Gasteiger partial charge on any atom is -0.394 e. The molecular formula is C9H17N3O4S. The first-order chi connectivity index (χ1) is 8.08. The number of nitrogens with zero attached hydrogens (tertiary/aromatic N) is 1. The highest BCUT2D eigenvalue weighted by molar-refractivity contribution is 7.89. The Balaban J connectivity index is 2.34. The van der Waals surface area contributed by atoms with Gasteiger partial charge in [0.05, 0.1) is 25.1 Å². The first-order valence-corrected chi connectivity index (χ1v) is 6.74. The van der Waals surface area contributed by atoms with Crippen molar-refractivity contribution < 1.29 is 18.3 Å². The van der Waals surface area contributed by atoms with Gasteiger partial charge in [-0.15, -0.1) is 0 Å². The Morgan fingerprint density at radius 1 is 1.53 bits per heavy atom. The third-order valence-corrected chi connectivity index (χ3v) is 3.64. The molecule has 0 aliphatic heterocycles. The van der Waals surface area contributed by atoms with E-state index in [0.717, 1.165) is 0 Å². The molecule has 3 N–H and O–H groups in total. The molecule has 1 aromatic rings. The minimum absolute atomic E-state index is 0.0278. The summed E-state index contributed by atoms with van der Waals surface area (Å²) in [4.78, 5) is 0.161. The third-order valence-electron chi connectivity index (χ3n) is 2.07. The number of aliphatic hydroxyl groups excluding tert-OH is 1. The second-order valence-electron chi connectivity index (χ2n) is 3.45. The van der Waals surface area contributed by atoms with Crippen molar-refractivity contribution >= 4 is 10.0 Å². The minimum atomic E-state index is -3.49. The topological polar surface area (TPSA) is 104 Å². The molecule has 7 nitrogen and oxygen atoms in total. The zero-order valence-electron chi connectivity index (χ0n) is 9.64. The lowest BCUT2D eigenvalue weighted by atomic mass is 10.5. The van der Waals surface area contributed by atoms with E-state index in [4.69, 9.17) is 9.84 Å². The fraction of sp³-hybridized carbons (Fsp3) is 0.667. The molecule has 0 aliphatic carbocycles. The van der Waals surface area contributed by atoms with Crippen molar-refractivity contribution in [2.45, 2.75) is 18.2 Å². The highest BCUT2D eigenvalue weighted by atomic mass is 32.2. The second-order valence-corrected chi connectivity index (χ2v) is 5.18. The van der Waals surface area contributed by atoms with Crippen LogP contribution in [0.25, 0.3) is 0 Å². The average molecular weight is 263 g/mol. The molecule has 8 heteroatoms. The van der Waals surface area contributed by atoms with Crippen LogP contribution < -0.4 is 4.72 Å². The van der Waals surface area contributed by atoms with E-state index in [1.807, 2.05) is 0 Å². The Kier molecular flexibility index (Phi) is 5.56. The summed E-state index contributed by atoms with van der Waals surface area (Å²) in [6.45, 7) is 2.59. The number of rotatable bonds is 8. The Morgan fingerprint density at radius 3 is 2.88 bits per heavy atom. The fourth-order valence-electron chi connectivity index (χ4n) is 1.24. The smallest absolute Gasteiger partial charge is 0.243 e. The largest absolute Gasteiger partial charge is 0.394 e. The maximum absolute atomic E-state index is 11.8. The van der Waals surface area contributed by atoms with E-state index in [9.17, 15) is 8.42 Å². The highest BCUT2D eigenvalue weighted by Gasteiger charge is 2.17. The van der Waals surface area contributed by atoms with Crippen LogP contribution in [0.5, 0.6) is 0 Å². The van der Waals surface area contributed by atoms with Crippen molar-refractivity contribution in [1.82, 2.24) is 14.9 Å². The van der Waals surface area contributed by atoms with Crippen molar-refractivity contribution in [2.24, 2.45) is 0 Å². The SMILES string of the molecule is Cc1[nH]ncc1S(=O)(=O)NCCCOCCO. The number of nitrogens with one attached hydrogen (secondary N) is 2. The zero-order valence-corrected chi connectivity index (χ0v) is 10.5. The molecule has 0 radical (unpaired) electrons. The van der Waals surface area contributed by atoms with Gasteiger partial charge in [0.1, 0.15) is 4.90 Å². The molecule has 17 heavy (non-hydrogen) atoms. The molecule has 0 spiro atoms. The van der Waals surface area contributed by atoms with Gasteiger partial charge < -0.3 is 9.84 Å². The first-order valence-electron chi connectivity index (χ1n) is 5.26. The molecular weight excluding hydrogens is 246 g/mol. The molecule has 0 fully saturated rings. The Hall–Kier alpha value is -0.960. The maximum Gasteiger partial charge on any atom is 0.243 e. The molecule has 1 aromatic heterocycles. The average Bonchev–Trinajstić information content (AvgIpc) is 2.70. The summed E-state index contributed by atoms with van der Waals surface area (Å²) in [6, 6.07) is 0. The van der Waals surface area contributed by atoms with Gasteiger partial charge in [0.25, 0.3) is 0 Å². The van der Waals surface area contributed by atoms with Crippen LogP contribution in [-0.2, 0) is 14.8 Å². The fourth-order valence-corrected chi connectivity index (χ4v) is 2.44. The van der Waals surface area contributed by atoms with E-state index in [-0.39, 0.29) is 18.1 Å². The zero-order chi connectivity index (χ0) is 12.7. The van der Waals surface area contributed by atoms with Crippen LogP contribution in [0, 0.1) is 6.92 Å². The first kappa shape index (κ1) is 14.1. The molecule has 0 unspecified atom stereocenters. The summed E-state index contributed by atoms with van der Waals surface area (Å²) in [7, 11) is -3.49. The third kappa shape index (κ3) is 4.43. The standard InChI is InChI=1S/C9H17N3O4S/c1-8-9(7-10-12-8)17(14,15)11-3-2-5-16-6-4-13/h7,11,13H,2-6H2,1H3,(H,10,12). The number of ether oxygens (including phenoxy) is 1.